The summed E-state index contributed by atoms with van der Waals surface area (Å²) in [4.78, 5) is 65.7. The van der Waals surface area contributed by atoms with Gasteiger partial charge in [0.15, 0.2) is 6.10 Å². The Hall–Kier alpha value is -5.28. The number of carbonyl (C=O) groups is 5. The zero-order valence-electron chi connectivity index (χ0n) is 35.3. The Labute approximate surface area is 355 Å². The van der Waals surface area contributed by atoms with Crippen LogP contribution < -0.4 is 15.4 Å². The number of amides is 2. The minimum Gasteiger partial charge on any atom is -0.495 e. The molecule has 2 aliphatic heterocycles. The van der Waals surface area contributed by atoms with Crippen LogP contribution in [-0.4, -0.2) is 89.8 Å². The van der Waals surface area contributed by atoms with E-state index >= 15 is 0 Å². The van der Waals surface area contributed by atoms with E-state index in [-0.39, 0.29) is 55.8 Å². The molecule has 2 aromatic carbocycles. The normalized spacial score (nSPS) is 22.9. The number of ether oxygens (including phenoxy) is 5. The van der Waals surface area contributed by atoms with Crippen LogP contribution in [0.1, 0.15) is 88.8 Å². The van der Waals surface area contributed by atoms with Gasteiger partial charge >= 0.3 is 17.9 Å². The highest BCUT2D eigenvalue weighted by atomic mass is 35.5. The predicted molar refractivity (Wildman–Crippen MR) is 221 cm³/mol. The SMILES string of the molecule is COC(=O)CCCc1cn(Cc2ccc([C@H]3O[C@@H]3[C@@H](C)[C@@H]3CC=CC(=O)N[C@H](Cc4ccc(OC)c(Cl)c4)C(=O)NCC(C)(C)C(=O)O[C@@H](CC(C)C)C(=O)O3)cc2)nn1. The van der Waals surface area contributed by atoms with Crippen LogP contribution in [0.3, 0.4) is 0 Å². The number of nitrogens with zero attached hydrogens (tertiary/aromatic N) is 3. The molecule has 15 nitrogen and oxygen atoms in total. The molecule has 324 valence electrons. The van der Waals surface area contributed by atoms with Gasteiger partial charge < -0.3 is 34.3 Å². The fourth-order valence-corrected chi connectivity index (χ4v) is 7.15. The Morgan fingerprint density at radius 2 is 1.77 bits per heavy atom. The molecular weight excluding hydrogens is 794 g/mol. The average molecular weight is 850 g/mol. The Bertz CT molecular complexity index is 2020. The number of nitrogens with one attached hydrogen (secondary N) is 2. The van der Waals surface area contributed by atoms with Crippen LogP contribution in [-0.2, 0) is 62.3 Å². The van der Waals surface area contributed by atoms with Crippen molar-refractivity contribution in [3.05, 3.63) is 88.2 Å². The molecule has 3 aromatic rings. The summed E-state index contributed by atoms with van der Waals surface area (Å²) in [5.41, 5.74) is 2.19. The van der Waals surface area contributed by atoms with E-state index < -0.39 is 47.4 Å². The molecule has 1 saturated heterocycles. The lowest BCUT2D eigenvalue weighted by Gasteiger charge is -2.29. The minimum absolute atomic E-state index is 0.0146. The summed E-state index contributed by atoms with van der Waals surface area (Å²) in [6, 6.07) is 12.1. The molecule has 1 aromatic heterocycles. The topological polar surface area (TPSA) is 190 Å². The van der Waals surface area contributed by atoms with Crippen molar-refractivity contribution in [2.24, 2.45) is 17.3 Å². The molecule has 0 spiro atoms. The summed E-state index contributed by atoms with van der Waals surface area (Å²) >= 11 is 6.36. The van der Waals surface area contributed by atoms with Crippen molar-refractivity contribution < 1.29 is 47.7 Å². The van der Waals surface area contributed by atoms with Crippen LogP contribution in [0.5, 0.6) is 5.75 Å². The Kier molecular flexibility index (Phi) is 15.9. The molecule has 60 heavy (non-hydrogen) atoms. The Morgan fingerprint density at radius 1 is 1.03 bits per heavy atom. The first kappa shape index (κ1) is 45.8. The summed E-state index contributed by atoms with van der Waals surface area (Å²) in [5.74, 6) is -2.55. The molecule has 1 fully saturated rings. The van der Waals surface area contributed by atoms with Gasteiger partial charge in [-0.3, -0.25) is 19.2 Å². The molecule has 6 atom stereocenters. The molecule has 0 radical (unpaired) electrons. The van der Waals surface area contributed by atoms with Crippen LogP contribution in [0.25, 0.3) is 0 Å². The fourth-order valence-electron chi connectivity index (χ4n) is 6.87. The van der Waals surface area contributed by atoms with Crippen molar-refractivity contribution >= 4 is 41.3 Å². The highest BCUT2D eigenvalue weighted by Crippen LogP contribution is 2.45. The molecular formula is C44H56ClN5O10. The highest BCUT2D eigenvalue weighted by molar-refractivity contribution is 6.32. The Balaban J connectivity index is 1.30. The molecule has 3 heterocycles. The maximum atomic E-state index is 13.8. The van der Waals surface area contributed by atoms with E-state index in [0.717, 1.165) is 16.8 Å². The van der Waals surface area contributed by atoms with E-state index in [4.69, 9.17) is 35.3 Å². The van der Waals surface area contributed by atoms with Gasteiger partial charge in [-0.1, -0.05) is 74.0 Å². The third-order valence-corrected chi connectivity index (χ3v) is 10.9. The van der Waals surface area contributed by atoms with Crippen molar-refractivity contribution in [3.63, 3.8) is 0 Å². The fraction of sp³-hybridized carbons (Fsp3) is 0.523. The van der Waals surface area contributed by atoms with Gasteiger partial charge in [0.1, 0.15) is 24.0 Å². The van der Waals surface area contributed by atoms with Gasteiger partial charge in [-0.05, 0) is 73.9 Å². The second kappa shape index (κ2) is 20.8. The number of carbonyl (C=O) groups excluding carboxylic acids is 5. The lowest BCUT2D eigenvalue weighted by molar-refractivity contribution is -0.179. The summed E-state index contributed by atoms with van der Waals surface area (Å²) in [7, 11) is 2.87. The van der Waals surface area contributed by atoms with Crippen molar-refractivity contribution in [2.45, 2.75) is 110 Å². The lowest BCUT2D eigenvalue weighted by Crippen LogP contribution is -2.51. The van der Waals surface area contributed by atoms with Gasteiger partial charge in [0.25, 0.3) is 0 Å². The number of aryl methyl sites for hydroxylation is 1. The van der Waals surface area contributed by atoms with E-state index in [1.165, 1.54) is 20.3 Å². The standard InChI is InChI=1S/C44H56ClN5O10/c1-26(2)20-36-42(54)58-34(27(3)39-40(60-39)30-17-14-28(15-18-30)23-50-24-31(48-49-50)10-8-13-38(52)57-7)11-9-12-37(51)47-33(22-29-16-19-35(56-6)32(45)21-29)41(53)46-25-44(4,5)43(55)59-36/h9,12,14-19,21,24,26-27,33-34,36,39-40H,8,10-11,13,20,22-23,25H2,1-7H3,(H,46,53)(H,47,51)/t27-,33+,34-,36-,39+,40+/m0/s1. The van der Waals surface area contributed by atoms with Crippen LogP contribution in [0, 0.1) is 17.3 Å². The molecule has 0 saturated carbocycles. The average Bonchev–Trinajstić information content (AvgIpc) is 3.89. The smallest absolute Gasteiger partial charge is 0.347 e. The molecule has 2 amide bonds. The monoisotopic (exact) mass is 849 g/mol. The maximum Gasteiger partial charge on any atom is 0.347 e. The lowest BCUT2D eigenvalue weighted by atomic mass is 9.92. The second-order valence-electron chi connectivity index (χ2n) is 16.4. The summed E-state index contributed by atoms with van der Waals surface area (Å²) in [6.07, 6.45) is 4.31. The molecule has 0 unspecified atom stereocenters. The van der Waals surface area contributed by atoms with Crippen molar-refractivity contribution in [1.82, 2.24) is 25.6 Å². The number of epoxide rings is 1. The number of aromatic nitrogens is 3. The van der Waals surface area contributed by atoms with Crippen LogP contribution in [0.15, 0.2) is 60.8 Å². The molecule has 2 N–H and O–H groups in total. The van der Waals surface area contributed by atoms with Gasteiger partial charge in [-0.15, -0.1) is 5.10 Å². The zero-order valence-corrected chi connectivity index (χ0v) is 36.0. The first-order valence-electron chi connectivity index (χ1n) is 20.3. The van der Waals surface area contributed by atoms with Gasteiger partial charge in [-0.25, -0.2) is 9.48 Å². The zero-order chi connectivity index (χ0) is 43.6. The van der Waals surface area contributed by atoms with Gasteiger partial charge in [-0.2, -0.15) is 0 Å². The summed E-state index contributed by atoms with van der Waals surface area (Å²) in [5, 5.41) is 14.3. The van der Waals surface area contributed by atoms with Gasteiger partial charge in [0.05, 0.1) is 43.0 Å². The molecule has 2 aliphatic rings. The van der Waals surface area contributed by atoms with E-state index in [1.807, 2.05) is 51.2 Å². The maximum absolute atomic E-state index is 13.8. The van der Waals surface area contributed by atoms with Crippen LogP contribution in [0.2, 0.25) is 5.02 Å². The number of hydrogen-bond acceptors (Lipinski definition) is 12. The summed E-state index contributed by atoms with van der Waals surface area (Å²) < 4.78 is 29.8. The number of cyclic esters (lactones) is 2. The van der Waals surface area contributed by atoms with Crippen LogP contribution >= 0.6 is 11.6 Å². The molecule has 0 aliphatic carbocycles. The van der Waals surface area contributed by atoms with Crippen molar-refractivity contribution in [1.29, 1.82) is 0 Å². The minimum atomic E-state index is -1.23. The number of methoxy groups -OCH3 is 2. The highest BCUT2D eigenvalue weighted by Gasteiger charge is 2.48. The predicted octanol–water partition coefficient (Wildman–Crippen LogP) is 5.26. The van der Waals surface area contributed by atoms with Gasteiger partial charge in [0.2, 0.25) is 11.8 Å². The molecule has 5 rings (SSSR count). The largest absolute Gasteiger partial charge is 0.495 e. The van der Waals surface area contributed by atoms with Crippen molar-refractivity contribution in [3.8, 4) is 5.75 Å². The third kappa shape index (κ3) is 12.9. The Morgan fingerprint density at radius 3 is 2.45 bits per heavy atom. The number of rotatable bonds is 14. The van der Waals surface area contributed by atoms with E-state index in [2.05, 4.69) is 20.9 Å². The number of esters is 3. The quantitative estimate of drug-likeness (QED) is 0.122. The first-order valence-corrected chi connectivity index (χ1v) is 20.6. The first-order chi connectivity index (χ1) is 28.6. The van der Waals surface area contributed by atoms with E-state index in [9.17, 15) is 24.0 Å². The number of hydrogen-bond donors (Lipinski definition) is 2. The number of benzene rings is 2. The molecule has 0 bridgehead atoms. The molecule has 16 heteroatoms. The summed E-state index contributed by atoms with van der Waals surface area (Å²) in [6.45, 7) is 9.35. The van der Waals surface area contributed by atoms with E-state index in [1.54, 1.807) is 42.8 Å². The third-order valence-electron chi connectivity index (χ3n) is 10.6. The van der Waals surface area contributed by atoms with E-state index in [0.29, 0.717) is 42.1 Å². The van der Waals surface area contributed by atoms with Crippen LogP contribution in [0.4, 0.5) is 0 Å². The second-order valence-corrected chi connectivity index (χ2v) is 16.8. The number of halogens is 1. The van der Waals surface area contributed by atoms with Gasteiger partial charge in [0, 0.05) is 37.9 Å². The van der Waals surface area contributed by atoms with Crippen molar-refractivity contribution in [2.75, 3.05) is 20.8 Å².